The van der Waals surface area contributed by atoms with Gasteiger partial charge in [-0.2, -0.15) is 4.98 Å². The molecule has 0 aliphatic rings. The molecular weight excluding hydrogens is 370 g/mol. The van der Waals surface area contributed by atoms with Crippen LogP contribution < -0.4 is 11.2 Å². The van der Waals surface area contributed by atoms with E-state index in [1.165, 1.54) is 23.2 Å². The monoisotopic (exact) mass is 389 g/mol. The summed E-state index contributed by atoms with van der Waals surface area (Å²) in [5, 5.41) is -0.0130. The van der Waals surface area contributed by atoms with Crippen LogP contribution in [0.1, 0.15) is 11.1 Å². The Kier molecular flexibility index (Phi) is 4.93. The molecule has 2 aromatic heterocycles. The van der Waals surface area contributed by atoms with Crippen LogP contribution in [0.4, 0.5) is 0 Å². The highest BCUT2D eigenvalue weighted by Gasteiger charge is 2.21. The minimum atomic E-state index is -0.540. The van der Waals surface area contributed by atoms with Crippen LogP contribution in [0, 0.1) is 6.92 Å². The molecule has 2 heterocycles. The van der Waals surface area contributed by atoms with Crippen molar-refractivity contribution in [2.75, 3.05) is 7.05 Å². The smallest absolute Gasteiger partial charge is 0.332 e. The Labute approximate surface area is 160 Å². The molecule has 0 atom stereocenters. The summed E-state index contributed by atoms with van der Waals surface area (Å²) in [5.41, 5.74) is 1.36. The summed E-state index contributed by atoms with van der Waals surface area (Å²) < 4.78 is 3.55. The maximum absolute atomic E-state index is 12.7. The Morgan fingerprint density at radius 1 is 1.19 bits per heavy atom. The number of nitrogens with zero attached hydrogens (tertiary/aromatic N) is 5. The first-order valence-electron chi connectivity index (χ1n) is 8.32. The molecular formula is C18H20ClN5O3. The third-order valence-electron chi connectivity index (χ3n) is 4.69. The maximum atomic E-state index is 12.7. The number of aryl methyl sites for hydroxylation is 2. The van der Waals surface area contributed by atoms with Gasteiger partial charge in [-0.15, -0.1) is 0 Å². The van der Waals surface area contributed by atoms with Crippen molar-refractivity contribution >= 4 is 28.7 Å². The van der Waals surface area contributed by atoms with Crippen molar-refractivity contribution in [2.45, 2.75) is 20.0 Å². The Balaban J connectivity index is 1.96. The number of aromatic nitrogens is 4. The van der Waals surface area contributed by atoms with E-state index in [1.54, 1.807) is 11.9 Å². The van der Waals surface area contributed by atoms with Crippen LogP contribution in [-0.2, 0) is 32.0 Å². The van der Waals surface area contributed by atoms with Gasteiger partial charge in [0.15, 0.2) is 11.2 Å². The summed E-state index contributed by atoms with van der Waals surface area (Å²) in [6.07, 6.45) is 0. The minimum Gasteiger partial charge on any atom is -0.340 e. The summed E-state index contributed by atoms with van der Waals surface area (Å²) in [4.78, 5) is 42.9. The van der Waals surface area contributed by atoms with Crippen molar-refractivity contribution in [1.29, 1.82) is 0 Å². The zero-order valence-corrected chi connectivity index (χ0v) is 16.3. The molecule has 0 aliphatic heterocycles. The van der Waals surface area contributed by atoms with E-state index in [0.717, 1.165) is 15.7 Å². The third-order valence-corrected chi connectivity index (χ3v) is 4.98. The Hall–Kier alpha value is -2.87. The molecule has 0 spiro atoms. The predicted octanol–water partition coefficient (Wildman–Crippen LogP) is 1.05. The van der Waals surface area contributed by atoms with Crippen LogP contribution in [0.3, 0.4) is 0 Å². The van der Waals surface area contributed by atoms with Crippen molar-refractivity contribution in [2.24, 2.45) is 14.1 Å². The standard InChI is InChI=1S/C18H20ClN5O3/c1-11-7-5-6-8-12(11)9-21(2)13(25)10-24-14-15(20-17(24)19)22(3)18(27)23(4)16(14)26/h5-8H,9-10H2,1-4H3. The van der Waals surface area contributed by atoms with Crippen LogP contribution in [0.15, 0.2) is 33.9 Å². The van der Waals surface area contributed by atoms with Gasteiger partial charge in [0.2, 0.25) is 11.2 Å². The van der Waals surface area contributed by atoms with Gasteiger partial charge in [0, 0.05) is 27.7 Å². The van der Waals surface area contributed by atoms with E-state index in [4.69, 9.17) is 11.6 Å². The van der Waals surface area contributed by atoms with Gasteiger partial charge in [-0.3, -0.25) is 23.3 Å². The molecule has 142 valence electrons. The number of carbonyl (C=O) groups excluding carboxylic acids is 1. The first-order chi connectivity index (χ1) is 12.7. The molecule has 1 amide bonds. The van der Waals surface area contributed by atoms with Crippen LogP contribution in [-0.4, -0.2) is 36.5 Å². The number of rotatable bonds is 4. The second kappa shape index (κ2) is 7.03. The molecule has 0 saturated heterocycles. The average molecular weight is 390 g/mol. The largest absolute Gasteiger partial charge is 0.340 e. The van der Waals surface area contributed by atoms with Gasteiger partial charge >= 0.3 is 5.69 Å². The maximum Gasteiger partial charge on any atom is 0.332 e. The van der Waals surface area contributed by atoms with E-state index < -0.39 is 11.2 Å². The van der Waals surface area contributed by atoms with Crippen molar-refractivity contribution in [3.63, 3.8) is 0 Å². The summed E-state index contributed by atoms with van der Waals surface area (Å²) >= 11 is 6.17. The van der Waals surface area contributed by atoms with Crippen molar-refractivity contribution in [3.05, 3.63) is 61.5 Å². The van der Waals surface area contributed by atoms with Gasteiger partial charge in [-0.05, 0) is 29.7 Å². The van der Waals surface area contributed by atoms with E-state index in [9.17, 15) is 14.4 Å². The molecule has 0 fully saturated rings. The number of hydrogen-bond acceptors (Lipinski definition) is 4. The number of amides is 1. The fourth-order valence-electron chi connectivity index (χ4n) is 2.95. The molecule has 9 heteroatoms. The first-order valence-corrected chi connectivity index (χ1v) is 8.70. The Bertz CT molecular complexity index is 1160. The molecule has 3 aromatic rings. The van der Waals surface area contributed by atoms with E-state index >= 15 is 0 Å². The number of halogens is 1. The SMILES string of the molecule is Cc1ccccc1CN(C)C(=O)Cn1c(Cl)nc2c1c(=O)n(C)c(=O)n2C. The highest BCUT2D eigenvalue weighted by molar-refractivity contribution is 6.29. The summed E-state index contributed by atoms with van der Waals surface area (Å²) in [6.45, 7) is 2.27. The molecule has 0 unspecified atom stereocenters. The molecule has 0 radical (unpaired) electrons. The summed E-state index contributed by atoms with van der Waals surface area (Å²) in [6, 6.07) is 7.81. The number of likely N-dealkylation sites (N-methyl/N-ethyl adjacent to an activating group) is 1. The summed E-state index contributed by atoms with van der Waals surface area (Å²) in [5.74, 6) is -0.227. The number of hydrogen-bond donors (Lipinski definition) is 0. The van der Waals surface area contributed by atoms with E-state index in [0.29, 0.717) is 6.54 Å². The van der Waals surface area contributed by atoms with Crippen LogP contribution in [0.5, 0.6) is 0 Å². The van der Waals surface area contributed by atoms with E-state index in [2.05, 4.69) is 4.98 Å². The second-order valence-electron chi connectivity index (χ2n) is 6.52. The predicted molar refractivity (Wildman–Crippen MR) is 103 cm³/mol. The zero-order valence-electron chi connectivity index (χ0n) is 15.6. The second-order valence-corrected chi connectivity index (χ2v) is 6.86. The quantitative estimate of drug-likeness (QED) is 0.624. The third kappa shape index (κ3) is 3.28. The summed E-state index contributed by atoms with van der Waals surface area (Å²) in [7, 11) is 4.57. The van der Waals surface area contributed by atoms with Gasteiger partial charge in [-0.1, -0.05) is 24.3 Å². The number of fused-ring (bicyclic) bond motifs is 1. The zero-order chi connectivity index (χ0) is 19.9. The lowest BCUT2D eigenvalue weighted by Crippen LogP contribution is -2.38. The van der Waals surface area contributed by atoms with E-state index in [-0.39, 0.29) is 28.9 Å². The topological polar surface area (TPSA) is 82.1 Å². The lowest BCUT2D eigenvalue weighted by molar-refractivity contribution is -0.131. The van der Waals surface area contributed by atoms with E-state index in [1.807, 2.05) is 31.2 Å². The Morgan fingerprint density at radius 2 is 1.85 bits per heavy atom. The lowest BCUT2D eigenvalue weighted by Gasteiger charge is -2.19. The van der Waals surface area contributed by atoms with Gasteiger partial charge < -0.3 is 4.90 Å². The minimum absolute atomic E-state index is 0.0130. The van der Waals surface area contributed by atoms with Crippen LogP contribution in [0.25, 0.3) is 11.2 Å². The molecule has 0 saturated carbocycles. The average Bonchev–Trinajstić information content (AvgIpc) is 2.96. The van der Waals surface area contributed by atoms with Gasteiger partial charge in [-0.25, -0.2) is 4.79 Å². The molecule has 1 aromatic carbocycles. The molecule has 27 heavy (non-hydrogen) atoms. The fraction of sp³-hybridized carbons (Fsp3) is 0.333. The van der Waals surface area contributed by atoms with Crippen molar-refractivity contribution in [1.82, 2.24) is 23.6 Å². The number of benzene rings is 1. The molecule has 0 bridgehead atoms. The van der Waals surface area contributed by atoms with Crippen LogP contribution in [0.2, 0.25) is 5.28 Å². The lowest BCUT2D eigenvalue weighted by atomic mass is 10.1. The van der Waals surface area contributed by atoms with Crippen LogP contribution >= 0.6 is 11.6 Å². The highest BCUT2D eigenvalue weighted by atomic mass is 35.5. The van der Waals surface area contributed by atoms with Crippen molar-refractivity contribution in [3.8, 4) is 0 Å². The van der Waals surface area contributed by atoms with Gasteiger partial charge in [0.1, 0.15) is 6.54 Å². The number of carbonyl (C=O) groups is 1. The normalized spacial score (nSPS) is 11.1. The Morgan fingerprint density at radius 3 is 2.52 bits per heavy atom. The van der Waals surface area contributed by atoms with Gasteiger partial charge in [0.25, 0.3) is 5.56 Å². The molecule has 0 aliphatic carbocycles. The highest BCUT2D eigenvalue weighted by Crippen LogP contribution is 2.16. The number of imidazole rings is 1. The van der Waals surface area contributed by atoms with Gasteiger partial charge in [0.05, 0.1) is 0 Å². The molecule has 8 nitrogen and oxygen atoms in total. The molecule has 0 N–H and O–H groups in total. The fourth-order valence-corrected chi connectivity index (χ4v) is 3.18. The molecule has 3 rings (SSSR count). The van der Waals surface area contributed by atoms with Crippen molar-refractivity contribution < 1.29 is 4.79 Å². The first kappa shape index (κ1) is 18.9.